The number of carboxylic acid groups (broad SMARTS) is 1. The number of carboxylic acids is 1. The van der Waals surface area contributed by atoms with Gasteiger partial charge in [0.05, 0.1) is 35.4 Å². The Morgan fingerprint density at radius 2 is 1.69 bits per heavy atom. The van der Waals surface area contributed by atoms with Crippen molar-refractivity contribution in [1.82, 2.24) is 4.90 Å². The van der Waals surface area contributed by atoms with Gasteiger partial charge in [0.15, 0.2) is 16.7 Å². The third kappa shape index (κ3) is 6.66. The van der Waals surface area contributed by atoms with Gasteiger partial charge in [0.2, 0.25) is 0 Å². The van der Waals surface area contributed by atoms with Crippen LogP contribution in [0.2, 0.25) is 0 Å². The number of hydrogen-bond donors (Lipinski definition) is 1. The van der Waals surface area contributed by atoms with Crippen LogP contribution < -0.4 is 9.47 Å². The number of rotatable bonds is 9. The molecule has 0 aliphatic carbocycles. The third-order valence-corrected chi connectivity index (χ3v) is 6.75. The van der Waals surface area contributed by atoms with Crippen LogP contribution >= 0.6 is 11.8 Å². The minimum absolute atomic E-state index is 0.189. The van der Waals surface area contributed by atoms with Gasteiger partial charge in [-0.1, -0.05) is 18.2 Å². The Morgan fingerprint density at radius 1 is 1.00 bits per heavy atom. The lowest BCUT2D eigenvalue weighted by Gasteiger charge is -2.12. The van der Waals surface area contributed by atoms with Crippen molar-refractivity contribution in [1.29, 1.82) is 0 Å². The van der Waals surface area contributed by atoms with Crippen molar-refractivity contribution >= 4 is 46.5 Å². The number of carbonyl (C=O) groups is 3. The summed E-state index contributed by atoms with van der Waals surface area (Å²) in [6, 6.07) is 18.5. The minimum atomic E-state index is -0.984. The van der Waals surface area contributed by atoms with Gasteiger partial charge in [0, 0.05) is 7.05 Å². The van der Waals surface area contributed by atoms with Gasteiger partial charge in [0.1, 0.15) is 6.61 Å². The molecule has 1 heterocycles. The zero-order valence-corrected chi connectivity index (χ0v) is 22.4. The maximum atomic E-state index is 12.9. The van der Waals surface area contributed by atoms with Crippen LogP contribution in [0.25, 0.3) is 6.08 Å². The molecule has 0 aromatic heterocycles. The van der Waals surface area contributed by atoms with Gasteiger partial charge in [-0.15, -0.1) is 0 Å². The minimum Gasteiger partial charge on any atom is -0.493 e. The molecular formula is C29H26N2O7S. The fraction of sp³-hybridized carbons (Fsp3) is 0.172. The third-order valence-electron chi connectivity index (χ3n) is 5.69. The number of amides is 1. The van der Waals surface area contributed by atoms with E-state index in [1.54, 1.807) is 68.6 Å². The Bertz CT molecular complexity index is 1450. The normalized spacial score (nSPS) is 15.1. The van der Waals surface area contributed by atoms with E-state index in [9.17, 15) is 14.4 Å². The molecule has 1 fully saturated rings. The van der Waals surface area contributed by atoms with E-state index in [0.29, 0.717) is 39.4 Å². The van der Waals surface area contributed by atoms with Crippen LogP contribution in [-0.4, -0.2) is 53.8 Å². The number of methoxy groups -OCH3 is 1. The Balaban J connectivity index is 1.46. The zero-order chi connectivity index (χ0) is 27.9. The molecule has 0 unspecified atom stereocenters. The van der Waals surface area contributed by atoms with E-state index in [-0.39, 0.29) is 18.1 Å². The van der Waals surface area contributed by atoms with Gasteiger partial charge >= 0.3 is 11.9 Å². The highest BCUT2D eigenvalue weighted by Gasteiger charge is 2.30. The van der Waals surface area contributed by atoms with Crippen LogP contribution in [0.15, 0.2) is 76.6 Å². The van der Waals surface area contributed by atoms with Crippen LogP contribution in [0.1, 0.15) is 38.8 Å². The predicted octanol–water partition coefficient (Wildman–Crippen LogP) is 5.38. The SMILES string of the molecule is CCOC(=O)c1ccc(N=C2S/C(=C/c3ccc(OCc4ccc(C(=O)O)cc4)c(OC)c3)C(=O)N2C)cc1. The number of aliphatic imine (C=N–C) groups is 1. The summed E-state index contributed by atoms with van der Waals surface area (Å²) < 4.78 is 16.4. The van der Waals surface area contributed by atoms with Gasteiger partial charge in [-0.05, 0) is 84.4 Å². The molecule has 0 atom stereocenters. The van der Waals surface area contributed by atoms with Crippen molar-refractivity contribution in [2.24, 2.45) is 4.99 Å². The van der Waals surface area contributed by atoms with Gasteiger partial charge in [0.25, 0.3) is 5.91 Å². The van der Waals surface area contributed by atoms with Crippen LogP contribution in [0.5, 0.6) is 11.5 Å². The maximum Gasteiger partial charge on any atom is 0.338 e. The second-order valence-corrected chi connectivity index (χ2v) is 9.35. The van der Waals surface area contributed by atoms with Crippen LogP contribution in [-0.2, 0) is 16.1 Å². The van der Waals surface area contributed by atoms with Gasteiger partial charge in [-0.3, -0.25) is 9.69 Å². The molecular weight excluding hydrogens is 520 g/mol. The van der Waals surface area contributed by atoms with E-state index in [1.807, 2.05) is 6.07 Å². The highest BCUT2D eigenvalue weighted by Crippen LogP contribution is 2.35. The number of esters is 1. The summed E-state index contributed by atoms with van der Waals surface area (Å²) in [5.74, 6) is -0.567. The zero-order valence-electron chi connectivity index (χ0n) is 21.5. The molecule has 10 heteroatoms. The lowest BCUT2D eigenvalue weighted by atomic mass is 10.1. The molecule has 1 saturated heterocycles. The summed E-state index contributed by atoms with van der Waals surface area (Å²) in [5.41, 5.74) is 2.80. The number of nitrogens with zero attached hydrogens (tertiary/aromatic N) is 2. The number of thioether (sulfide) groups is 1. The first-order chi connectivity index (χ1) is 18.8. The van der Waals surface area contributed by atoms with Crippen molar-refractivity contribution in [2.45, 2.75) is 13.5 Å². The molecule has 9 nitrogen and oxygen atoms in total. The number of aromatic carboxylic acids is 1. The van der Waals surface area contributed by atoms with Crippen molar-refractivity contribution in [3.05, 3.63) is 93.9 Å². The topological polar surface area (TPSA) is 115 Å². The molecule has 1 aliphatic heterocycles. The number of hydrogen-bond acceptors (Lipinski definition) is 8. The predicted molar refractivity (Wildman–Crippen MR) is 149 cm³/mol. The summed E-state index contributed by atoms with van der Waals surface area (Å²) in [7, 11) is 3.19. The first-order valence-corrected chi connectivity index (χ1v) is 12.8. The van der Waals surface area contributed by atoms with E-state index >= 15 is 0 Å². The van der Waals surface area contributed by atoms with Crippen LogP contribution in [0.4, 0.5) is 5.69 Å². The van der Waals surface area contributed by atoms with Crippen molar-refractivity contribution in [3.63, 3.8) is 0 Å². The van der Waals surface area contributed by atoms with Gasteiger partial charge in [-0.2, -0.15) is 0 Å². The molecule has 0 saturated carbocycles. The number of carbonyl (C=O) groups excluding carboxylic acids is 2. The first kappa shape index (κ1) is 27.5. The Morgan fingerprint density at radius 3 is 2.33 bits per heavy atom. The molecule has 3 aromatic rings. The highest BCUT2D eigenvalue weighted by atomic mass is 32.2. The van der Waals surface area contributed by atoms with E-state index in [2.05, 4.69) is 4.99 Å². The lowest BCUT2D eigenvalue weighted by Crippen LogP contribution is -2.23. The average molecular weight is 547 g/mol. The van der Waals surface area contributed by atoms with E-state index in [4.69, 9.17) is 19.3 Å². The smallest absolute Gasteiger partial charge is 0.338 e. The summed E-state index contributed by atoms with van der Waals surface area (Å²) in [6.45, 7) is 2.28. The Hall–Kier alpha value is -4.57. The van der Waals surface area contributed by atoms with Gasteiger partial charge in [-0.25, -0.2) is 14.6 Å². The van der Waals surface area contributed by atoms with E-state index in [0.717, 1.165) is 11.1 Å². The summed E-state index contributed by atoms with van der Waals surface area (Å²) >= 11 is 1.25. The Kier molecular flexibility index (Phi) is 8.67. The molecule has 1 N–H and O–H groups in total. The molecule has 0 spiro atoms. The maximum absolute atomic E-state index is 12.9. The molecule has 3 aromatic carbocycles. The number of amidine groups is 1. The molecule has 1 amide bonds. The number of ether oxygens (including phenoxy) is 3. The second kappa shape index (κ2) is 12.3. The Labute approximate surface area is 229 Å². The van der Waals surface area contributed by atoms with Gasteiger partial charge < -0.3 is 19.3 Å². The van der Waals surface area contributed by atoms with Crippen LogP contribution in [0, 0.1) is 0 Å². The van der Waals surface area contributed by atoms with E-state index < -0.39 is 11.9 Å². The first-order valence-electron chi connectivity index (χ1n) is 12.0. The molecule has 200 valence electrons. The molecule has 4 rings (SSSR count). The largest absolute Gasteiger partial charge is 0.493 e. The number of likely N-dealkylation sites (N-methyl/N-ethyl adjacent to an activating group) is 1. The second-order valence-electron chi connectivity index (χ2n) is 8.34. The monoisotopic (exact) mass is 546 g/mol. The molecule has 0 bridgehead atoms. The number of benzene rings is 3. The lowest BCUT2D eigenvalue weighted by molar-refractivity contribution is -0.121. The molecule has 39 heavy (non-hydrogen) atoms. The van der Waals surface area contributed by atoms with Crippen molar-refractivity contribution in [2.75, 3.05) is 20.8 Å². The summed E-state index contributed by atoms with van der Waals surface area (Å²) in [4.78, 5) is 42.3. The summed E-state index contributed by atoms with van der Waals surface area (Å²) in [6.07, 6.45) is 1.76. The van der Waals surface area contributed by atoms with Crippen molar-refractivity contribution in [3.8, 4) is 11.5 Å². The van der Waals surface area contributed by atoms with Crippen LogP contribution in [0.3, 0.4) is 0 Å². The average Bonchev–Trinajstić information content (AvgIpc) is 3.20. The molecule has 1 aliphatic rings. The highest BCUT2D eigenvalue weighted by molar-refractivity contribution is 8.18. The summed E-state index contributed by atoms with van der Waals surface area (Å²) in [5, 5.41) is 9.54. The van der Waals surface area contributed by atoms with Crippen molar-refractivity contribution < 1.29 is 33.7 Å². The fourth-order valence-electron chi connectivity index (χ4n) is 3.60. The van der Waals surface area contributed by atoms with E-state index in [1.165, 1.54) is 35.9 Å². The quantitative estimate of drug-likeness (QED) is 0.281. The molecule has 0 radical (unpaired) electrons. The standard InChI is InChI=1S/C29H26N2O7S/c1-4-37-28(35)21-10-12-22(13-11-21)30-29-31(2)26(32)25(39-29)16-19-7-14-23(24(15-19)36-3)38-17-18-5-8-20(9-6-18)27(33)34/h5-16H,4,17H2,1-3H3,(H,33,34)/b25-16+,30-29?. The fourth-order valence-corrected chi connectivity index (χ4v) is 4.58.